The van der Waals surface area contributed by atoms with Gasteiger partial charge in [0.1, 0.15) is 0 Å². The van der Waals surface area contributed by atoms with Gasteiger partial charge in [0.2, 0.25) is 0 Å². The highest BCUT2D eigenvalue weighted by Crippen LogP contribution is 2.08. The molecule has 2 aromatic heterocycles. The predicted molar refractivity (Wildman–Crippen MR) is 65.5 cm³/mol. The van der Waals surface area contributed by atoms with E-state index in [1.54, 1.807) is 11.3 Å². The minimum absolute atomic E-state index is 0.862. The van der Waals surface area contributed by atoms with Crippen LogP contribution in [0.3, 0.4) is 0 Å². The van der Waals surface area contributed by atoms with Crippen LogP contribution in [0, 0.1) is 6.92 Å². The molecular formula is C11H16N4S. The number of hydrogen-bond acceptors (Lipinski definition) is 4. The van der Waals surface area contributed by atoms with Crippen molar-refractivity contribution in [2.45, 2.75) is 19.9 Å². The van der Waals surface area contributed by atoms with Crippen LogP contribution in [0.15, 0.2) is 17.6 Å². The Morgan fingerprint density at radius 3 is 3.00 bits per heavy atom. The first-order valence-electron chi connectivity index (χ1n) is 5.34. The summed E-state index contributed by atoms with van der Waals surface area (Å²) in [6.45, 7) is 3.85. The molecular weight excluding hydrogens is 220 g/mol. The van der Waals surface area contributed by atoms with E-state index in [0.717, 1.165) is 25.2 Å². The molecule has 0 atom stereocenters. The van der Waals surface area contributed by atoms with Crippen molar-refractivity contribution < 1.29 is 0 Å². The van der Waals surface area contributed by atoms with Crippen LogP contribution in [-0.2, 0) is 20.0 Å². The summed E-state index contributed by atoms with van der Waals surface area (Å²) in [5.41, 5.74) is 2.32. The number of hydrogen-bond donors (Lipinski definition) is 1. The van der Waals surface area contributed by atoms with Crippen molar-refractivity contribution in [2.24, 2.45) is 7.05 Å². The van der Waals surface area contributed by atoms with Gasteiger partial charge < -0.3 is 5.32 Å². The van der Waals surface area contributed by atoms with E-state index in [2.05, 4.69) is 20.8 Å². The highest BCUT2D eigenvalue weighted by molar-refractivity contribution is 7.09. The third kappa shape index (κ3) is 2.90. The number of nitrogens with zero attached hydrogens (tertiary/aromatic N) is 3. The van der Waals surface area contributed by atoms with Gasteiger partial charge in [-0.1, -0.05) is 0 Å². The van der Waals surface area contributed by atoms with Crippen molar-refractivity contribution in [1.29, 1.82) is 0 Å². The molecule has 1 N–H and O–H groups in total. The van der Waals surface area contributed by atoms with Crippen molar-refractivity contribution in [3.05, 3.63) is 34.0 Å². The molecule has 86 valence electrons. The van der Waals surface area contributed by atoms with Crippen LogP contribution in [0.25, 0.3) is 0 Å². The van der Waals surface area contributed by atoms with Gasteiger partial charge in [-0.15, -0.1) is 11.3 Å². The lowest BCUT2D eigenvalue weighted by Crippen LogP contribution is -2.18. The lowest BCUT2D eigenvalue weighted by molar-refractivity contribution is 0.625. The molecule has 0 fully saturated rings. The molecule has 0 saturated heterocycles. The fraction of sp³-hybridized carbons (Fsp3) is 0.455. The fourth-order valence-corrected chi connectivity index (χ4v) is 2.28. The van der Waals surface area contributed by atoms with Gasteiger partial charge in [-0.2, -0.15) is 5.10 Å². The second-order valence-electron chi connectivity index (χ2n) is 3.76. The molecule has 2 aromatic rings. The van der Waals surface area contributed by atoms with Crippen LogP contribution in [0.4, 0.5) is 0 Å². The summed E-state index contributed by atoms with van der Waals surface area (Å²) in [7, 11) is 1.96. The average molecular weight is 236 g/mol. The second kappa shape index (κ2) is 5.23. The Morgan fingerprint density at radius 2 is 2.38 bits per heavy atom. The van der Waals surface area contributed by atoms with E-state index in [1.807, 2.05) is 30.9 Å². The van der Waals surface area contributed by atoms with E-state index in [-0.39, 0.29) is 0 Å². The molecule has 2 rings (SSSR count). The van der Waals surface area contributed by atoms with Crippen molar-refractivity contribution in [3.63, 3.8) is 0 Å². The van der Waals surface area contributed by atoms with Gasteiger partial charge in [-0.3, -0.25) is 4.68 Å². The van der Waals surface area contributed by atoms with Crippen LogP contribution in [-0.4, -0.2) is 21.3 Å². The van der Waals surface area contributed by atoms with Gasteiger partial charge in [0.05, 0.1) is 10.7 Å². The van der Waals surface area contributed by atoms with E-state index >= 15 is 0 Å². The zero-order valence-electron chi connectivity index (χ0n) is 9.60. The zero-order valence-corrected chi connectivity index (χ0v) is 10.4. The molecule has 0 spiro atoms. The highest BCUT2D eigenvalue weighted by Gasteiger charge is 2.00. The summed E-state index contributed by atoms with van der Waals surface area (Å²) >= 11 is 1.73. The third-order valence-electron chi connectivity index (χ3n) is 2.41. The van der Waals surface area contributed by atoms with Gasteiger partial charge in [0.25, 0.3) is 0 Å². The van der Waals surface area contributed by atoms with Crippen molar-refractivity contribution >= 4 is 11.3 Å². The molecule has 0 aromatic carbocycles. The van der Waals surface area contributed by atoms with Crippen LogP contribution < -0.4 is 5.32 Å². The minimum atomic E-state index is 0.862. The van der Waals surface area contributed by atoms with E-state index in [1.165, 1.54) is 10.7 Å². The fourth-order valence-electron chi connectivity index (χ4n) is 1.50. The van der Waals surface area contributed by atoms with Gasteiger partial charge in [-0.25, -0.2) is 4.98 Å². The number of nitrogens with one attached hydrogen (secondary N) is 1. The van der Waals surface area contributed by atoms with E-state index in [9.17, 15) is 0 Å². The molecule has 0 saturated carbocycles. The number of aromatic nitrogens is 3. The Morgan fingerprint density at radius 1 is 1.50 bits per heavy atom. The monoisotopic (exact) mass is 236 g/mol. The Bertz CT molecular complexity index is 446. The SMILES string of the molecule is Cc1csc(CCNCc2ccnn2C)n1. The normalized spacial score (nSPS) is 10.9. The summed E-state index contributed by atoms with van der Waals surface area (Å²) in [6.07, 6.45) is 2.82. The Kier molecular flexibility index (Phi) is 3.69. The predicted octanol–water partition coefficient (Wildman–Crippen LogP) is 1.52. The lowest BCUT2D eigenvalue weighted by Gasteiger charge is -2.03. The maximum Gasteiger partial charge on any atom is 0.0940 e. The molecule has 0 aliphatic heterocycles. The first-order valence-corrected chi connectivity index (χ1v) is 6.22. The Balaban J connectivity index is 1.71. The molecule has 0 aliphatic carbocycles. The number of thiazole rings is 1. The Hall–Kier alpha value is -1.20. The summed E-state index contributed by atoms with van der Waals surface area (Å²) in [5.74, 6) is 0. The summed E-state index contributed by atoms with van der Waals surface area (Å²) in [4.78, 5) is 4.42. The maximum absolute atomic E-state index is 4.42. The summed E-state index contributed by atoms with van der Waals surface area (Å²) < 4.78 is 1.89. The maximum atomic E-state index is 4.42. The first-order chi connectivity index (χ1) is 7.75. The highest BCUT2D eigenvalue weighted by atomic mass is 32.1. The first kappa shape index (κ1) is 11.3. The molecule has 0 unspecified atom stereocenters. The molecule has 0 bridgehead atoms. The zero-order chi connectivity index (χ0) is 11.4. The van der Waals surface area contributed by atoms with Crippen LogP contribution in [0.1, 0.15) is 16.4 Å². The number of rotatable bonds is 5. The topological polar surface area (TPSA) is 42.7 Å². The van der Waals surface area contributed by atoms with Crippen LogP contribution >= 0.6 is 11.3 Å². The minimum Gasteiger partial charge on any atom is -0.311 e. The van der Waals surface area contributed by atoms with E-state index in [0.29, 0.717) is 0 Å². The second-order valence-corrected chi connectivity index (χ2v) is 4.70. The molecule has 5 heteroatoms. The molecule has 0 radical (unpaired) electrons. The van der Waals surface area contributed by atoms with Crippen LogP contribution in [0.5, 0.6) is 0 Å². The lowest BCUT2D eigenvalue weighted by atomic mass is 10.4. The third-order valence-corrected chi connectivity index (χ3v) is 3.44. The van der Waals surface area contributed by atoms with Gasteiger partial charge in [0.15, 0.2) is 0 Å². The quantitative estimate of drug-likeness (QED) is 0.800. The standard InChI is InChI=1S/C11H16N4S/c1-9-8-16-11(14-9)4-5-12-7-10-3-6-13-15(10)2/h3,6,8,12H,4-5,7H2,1-2H3. The summed E-state index contributed by atoms with van der Waals surface area (Å²) in [5, 5.41) is 10.8. The van der Waals surface area contributed by atoms with E-state index in [4.69, 9.17) is 0 Å². The van der Waals surface area contributed by atoms with Crippen molar-refractivity contribution in [1.82, 2.24) is 20.1 Å². The van der Waals surface area contributed by atoms with E-state index < -0.39 is 0 Å². The van der Waals surface area contributed by atoms with Crippen molar-refractivity contribution in [3.8, 4) is 0 Å². The van der Waals surface area contributed by atoms with Gasteiger partial charge in [0, 0.05) is 43.8 Å². The van der Waals surface area contributed by atoms with Gasteiger partial charge in [-0.05, 0) is 13.0 Å². The molecule has 16 heavy (non-hydrogen) atoms. The number of aryl methyl sites for hydroxylation is 2. The Labute approximate surface area is 99.3 Å². The summed E-state index contributed by atoms with van der Waals surface area (Å²) in [6, 6.07) is 2.03. The molecule has 0 amide bonds. The largest absolute Gasteiger partial charge is 0.311 e. The molecule has 0 aliphatic rings. The molecule has 2 heterocycles. The van der Waals surface area contributed by atoms with Gasteiger partial charge >= 0.3 is 0 Å². The average Bonchev–Trinajstić information content (AvgIpc) is 2.83. The smallest absolute Gasteiger partial charge is 0.0940 e. The van der Waals surface area contributed by atoms with Crippen LogP contribution in [0.2, 0.25) is 0 Å². The molecule has 4 nitrogen and oxygen atoms in total. The van der Waals surface area contributed by atoms with Crippen molar-refractivity contribution in [2.75, 3.05) is 6.54 Å².